The molecule has 0 radical (unpaired) electrons. The first-order valence-electron chi connectivity index (χ1n) is 10.5. The minimum absolute atomic E-state index is 0.641. The highest BCUT2D eigenvalue weighted by atomic mass is 35.5. The van der Waals surface area contributed by atoms with Gasteiger partial charge in [-0.2, -0.15) is 0 Å². The van der Waals surface area contributed by atoms with Gasteiger partial charge in [-0.15, -0.1) is 0 Å². The molecule has 1 fully saturated rings. The van der Waals surface area contributed by atoms with E-state index in [2.05, 4.69) is 48.3 Å². The molecule has 4 rings (SSSR count). The summed E-state index contributed by atoms with van der Waals surface area (Å²) in [6.07, 6.45) is 4.01. The van der Waals surface area contributed by atoms with Crippen molar-refractivity contribution in [3.63, 3.8) is 0 Å². The number of allylic oxidation sites excluding steroid dienone is 1. The van der Waals surface area contributed by atoms with E-state index in [-0.39, 0.29) is 0 Å². The molecule has 0 atom stereocenters. The van der Waals surface area contributed by atoms with Crippen LogP contribution in [0.2, 0.25) is 10.0 Å². The van der Waals surface area contributed by atoms with Gasteiger partial charge in [-0.3, -0.25) is 0 Å². The summed E-state index contributed by atoms with van der Waals surface area (Å²) in [5, 5.41) is 4.77. The van der Waals surface area contributed by atoms with Gasteiger partial charge in [-0.25, -0.2) is 0 Å². The van der Waals surface area contributed by atoms with Crippen LogP contribution in [0.25, 0.3) is 6.08 Å². The van der Waals surface area contributed by atoms with Crippen molar-refractivity contribution in [1.29, 1.82) is 0 Å². The number of ether oxygens (including phenoxy) is 1. The molecule has 6 heteroatoms. The number of morpholine rings is 1. The minimum Gasteiger partial charge on any atom is -0.378 e. The summed E-state index contributed by atoms with van der Waals surface area (Å²) in [5.41, 5.74) is 8.18. The van der Waals surface area contributed by atoms with Gasteiger partial charge in [0.1, 0.15) is 4.99 Å². The number of anilines is 1. The molecule has 0 unspecified atom stereocenters. The quantitative estimate of drug-likeness (QED) is 0.493. The summed E-state index contributed by atoms with van der Waals surface area (Å²) in [6, 6.07) is 12.0. The molecule has 0 spiro atoms. The molecule has 0 amide bonds. The van der Waals surface area contributed by atoms with Gasteiger partial charge in [0.05, 0.1) is 13.2 Å². The Labute approximate surface area is 199 Å². The molecule has 3 nitrogen and oxygen atoms in total. The van der Waals surface area contributed by atoms with Gasteiger partial charge in [0.2, 0.25) is 0 Å². The maximum Gasteiger partial charge on any atom is 0.108 e. The number of rotatable bonds is 4. The highest BCUT2D eigenvalue weighted by Crippen LogP contribution is 2.38. The highest BCUT2D eigenvalue weighted by molar-refractivity contribution is 7.81. The Kier molecular flexibility index (Phi) is 7.02. The number of hydrogen-bond donors (Lipinski definition) is 1. The number of benzene rings is 2. The van der Waals surface area contributed by atoms with Gasteiger partial charge < -0.3 is 15.0 Å². The Bertz CT molecular complexity index is 1070. The fourth-order valence-corrected chi connectivity index (χ4v) is 4.84. The predicted octanol–water partition coefficient (Wildman–Crippen LogP) is 6.81. The summed E-state index contributed by atoms with van der Waals surface area (Å²) in [6.45, 7) is 7.40. The van der Waals surface area contributed by atoms with Crippen molar-refractivity contribution in [2.24, 2.45) is 0 Å². The summed E-state index contributed by atoms with van der Waals surface area (Å²) in [5.74, 6) is 0. The van der Waals surface area contributed by atoms with E-state index >= 15 is 0 Å². The number of halogens is 2. The van der Waals surface area contributed by atoms with Crippen LogP contribution in [-0.2, 0) is 4.74 Å². The molecule has 0 aromatic heterocycles. The van der Waals surface area contributed by atoms with Crippen LogP contribution >= 0.6 is 35.4 Å². The van der Waals surface area contributed by atoms with Gasteiger partial charge in [-0.1, -0.05) is 47.6 Å². The van der Waals surface area contributed by atoms with E-state index < -0.39 is 0 Å². The number of thiocarbonyl (C=S) groups is 1. The summed E-state index contributed by atoms with van der Waals surface area (Å²) < 4.78 is 5.59. The zero-order valence-electron chi connectivity index (χ0n) is 17.8. The maximum absolute atomic E-state index is 6.46. The molecule has 162 valence electrons. The first kappa shape index (κ1) is 22.3. The molecule has 2 aromatic rings. The lowest BCUT2D eigenvalue weighted by Gasteiger charge is -2.32. The third kappa shape index (κ3) is 5.15. The Hall–Kier alpha value is -1.85. The van der Waals surface area contributed by atoms with Crippen LogP contribution < -0.4 is 5.32 Å². The van der Waals surface area contributed by atoms with Gasteiger partial charge >= 0.3 is 0 Å². The van der Waals surface area contributed by atoms with E-state index in [1.807, 2.05) is 12.1 Å². The maximum atomic E-state index is 6.46. The largest absolute Gasteiger partial charge is 0.378 e. The molecule has 1 saturated heterocycles. The normalized spacial score (nSPS) is 18.1. The SMILES string of the molecule is Cc1ccc(NC(=S)C2=C(N3CCOCC3)/C(=C\c3ccc(Cl)cc3Cl)CC2)cc1C. The van der Waals surface area contributed by atoms with Crippen LogP contribution in [-0.4, -0.2) is 36.2 Å². The lowest BCUT2D eigenvalue weighted by Crippen LogP contribution is -2.36. The summed E-state index contributed by atoms with van der Waals surface area (Å²) in [7, 11) is 0. The van der Waals surface area contributed by atoms with Gasteiger partial charge in [0, 0.05) is 40.1 Å². The van der Waals surface area contributed by atoms with E-state index in [0.717, 1.165) is 55.4 Å². The third-order valence-corrected chi connectivity index (χ3v) is 6.80. The molecule has 1 aliphatic carbocycles. The van der Waals surface area contributed by atoms with E-state index in [4.69, 9.17) is 40.2 Å². The first-order valence-corrected chi connectivity index (χ1v) is 11.7. The highest BCUT2D eigenvalue weighted by Gasteiger charge is 2.28. The number of aryl methyl sites for hydroxylation is 2. The Morgan fingerprint density at radius 2 is 1.81 bits per heavy atom. The van der Waals surface area contributed by atoms with Crippen LogP contribution in [0.4, 0.5) is 5.69 Å². The molecular formula is C25H26Cl2N2OS. The lowest BCUT2D eigenvalue weighted by molar-refractivity contribution is 0.0548. The summed E-state index contributed by atoms with van der Waals surface area (Å²) >= 11 is 18.4. The van der Waals surface area contributed by atoms with Crippen molar-refractivity contribution in [2.45, 2.75) is 26.7 Å². The monoisotopic (exact) mass is 472 g/mol. The Balaban J connectivity index is 1.69. The molecule has 1 N–H and O–H groups in total. The van der Waals surface area contributed by atoms with E-state index in [0.29, 0.717) is 10.0 Å². The van der Waals surface area contributed by atoms with Crippen molar-refractivity contribution in [3.05, 3.63) is 80.0 Å². The Morgan fingerprint density at radius 3 is 2.52 bits per heavy atom. The van der Waals surface area contributed by atoms with E-state index in [9.17, 15) is 0 Å². The second-order valence-electron chi connectivity index (χ2n) is 8.02. The third-order valence-electron chi connectivity index (χ3n) is 5.89. The van der Waals surface area contributed by atoms with Gasteiger partial charge in [0.15, 0.2) is 0 Å². The topological polar surface area (TPSA) is 24.5 Å². The van der Waals surface area contributed by atoms with Crippen molar-refractivity contribution >= 4 is 52.2 Å². The zero-order chi connectivity index (χ0) is 22.0. The van der Waals surface area contributed by atoms with Crippen molar-refractivity contribution in [2.75, 3.05) is 31.6 Å². The molecule has 1 aliphatic heterocycles. The molecule has 1 heterocycles. The first-order chi connectivity index (χ1) is 14.9. The number of nitrogens with one attached hydrogen (secondary N) is 1. The van der Waals surface area contributed by atoms with Crippen LogP contribution in [0.3, 0.4) is 0 Å². The fourth-order valence-electron chi connectivity index (χ4n) is 4.06. The smallest absolute Gasteiger partial charge is 0.108 e. The molecule has 2 aliphatic rings. The van der Waals surface area contributed by atoms with Crippen LogP contribution in [0.5, 0.6) is 0 Å². The molecule has 0 bridgehead atoms. The molecule has 2 aromatic carbocycles. The fraction of sp³-hybridized carbons (Fsp3) is 0.320. The van der Waals surface area contributed by atoms with E-state index in [1.54, 1.807) is 6.07 Å². The molecule has 0 saturated carbocycles. The number of nitrogens with zero attached hydrogens (tertiary/aromatic N) is 1. The standard InChI is InChI=1S/C25H26Cl2N2OS/c1-16-3-7-21(13-17(16)2)28-25(31)22-8-5-19(24(22)29-9-11-30-12-10-29)14-18-4-6-20(26)15-23(18)27/h3-4,6-7,13-15H,5,8-12H2,1-2H3,(H,28,31)/b19-14-. The number of hydrogen-bond acceptors (Lipinski definition) is 3. The second kappa shape index (κ2) is 9.74. The average molecular weight is 473 g/mol. The van der Waals surface area contributed by atoms with Crippen molar-refractivity contribution < 1.29 is 4.74 Å². The summed E-state index contributed by atoms with van der Waals surface area (Å²) in [4.78, 5) is 3.19. The zero-order valence-corrected chi connectivity index (χ0v) is 20.1. The predicted molar refractivity (Wildman–Crippen MR) is 135 cm³/mol. The second-order valence-corrected chi connectivity index (χ2v) is 9.27. The van der Waals surface area contributed by atoms with Crippen LogP contribution in [0.1, 0.15) is 29.5 Å². The van der Waals surface area contributed by atoms with Crippen LogP contribution in [0.15, 0.2) is 53.2 Å². The van der Waals surface area contributed by atoms with Crippen molar-refractivity contribution in [1.82, 2.24) is 4.90 Å². The van der Waals surface area contributed by atoms with Gasteiger partial charge in [-0.05, 0) is 79.3 Å². The lowest BCUT2D eigenvalue weighted by atomic mass is 10.1. The van der Waals surface area contributed by atoms with Gasteiger partial charge in [0.25, 0.3) is 0 Å². The molecular weight excluding hydrogens is 447 g/mol. The Morgan fingerprint density at radius 1 is 1.03 bits per heavy atom. The van der Waals surface area contributed by atoms with Crippen molar-refractivity contribution in [3.8, 4) is 0 Å². The van der Waals surface area contributed by atoms with E-state index in [1.165, 1.54) is 28.0 Å². The molecule has 31 heavy (non-hydrogen) atoms. The minimum atomic E-state index is 0.641. The average Bonchev–Trinajstić information content (AvgIpc) is 3.17. The van der Waals surface area contributed by atoms with Crippen LogP contribution in [0, 0.1) is 13.8 Å².